The van der Waals surface area contributed by atoms with Gasteiger partial charge in [-0.05, 0) is 19.1 Å². The number of nitrogens with one attached hydrogen (secondary N) is 1. The van der Waals surface area contributed by atoms with Crippen molar-refractivity contribution in [2.75, 3.05) is 4.90 Å². The second kappa shape index (κ2) is 3.57. The minimum Gasteiger partial charge on any atom is -0.303 e. The summed E-state index contributed by atoms with van der Waals surface area (Å²) in [6.07, 6.45) is 1.59. The molecule has 0 aromatic heterocycles. The molecule has 4 heteroatoms. The molecule has 15 heavy (non-hydrogen) atoms. The lowest BCUT2D eigenvalue weighted by molar-refractivity contribution is -0.113. The van der Waals surface area contributed by atoms with Gasteiger partial charge in [-0.15, -0.1) is 0 Å². The second-order valence-electron chi connectivity index (χ2n) is 3.11. The van der Waals surface area contributed by atoms with E-state index >= 15 is 0 Å². The summed E-state index contributed by atoms with van der Waals surface area (Å²) in [7, 11) is 0. The van der Waals surface area contributed by atoms with Crippen molar-refractivity contribution < 1.29 is 9.59 Å². The van der Waals surface area contributed by atoms with E-state index in [4.69, 9.17) is 0 Å². The standard InChI is InChI=1S/C11H10N2O2/c1-2-9-10(14)13(11(15)12-9)8-6-4-3-5-7-8/h2-7H,1H3,(H,12,15)/b9-2+. The Labute approximate surface area is 87.2 Å². The van der Waals surface area contributed by atoms with Crippen molar-refractivity contribution in [3.63, 3.8) is 0 Å². The third-order valence-corrected chi connectivity index (χ3v) is 2.18. The molecule has 1 aromatic carbocycles. The van der Waals surface area contributed by atoms with Gasteiger partial charge in [0, 0.05) is 0 Å². The number of hydrogen-bond donors (Lipinski definition) is 1. The van der Waals surface area contributed by atoms with Gasteiger partial charge in [0.2, 0.25) is 0 Å². The van der Waals surface area contributed by atoms with Crippen LogP contribution >= 0.6 is 0 Å². The summed E-state index contributed by atoms with van der Waals surface area (Å²) in [6.45, 7) is 1.71. The molecule has 0 saturated carbocycles. The van der Waals surface area contributed by atoms with Crippen molar-refractivity contribution in [2.24, 2.45) is 0 Å². The number of imide groups is 1. The van der Waals surface area contributed by atoms with Crippen LogP contribution in [0.25, 0.3) is 0 Å². The Kier molecular flexibility index (Phi) is 2.25. The molecule has 1 heterocycles. The van der Waals surface area contributed by atoms with E-state index in [1.807, 2.05) is 6.07 Å². The topological polar surface area (TPSA) is 49.4 Å². The molecule has 3 amide bonds. The van der Waals surface area contributed by atoms with Gasteiger partial charge in [0.1, 0.15) is 5.70 Å². The molecule has 0 bridgehead atoms. The van der Waals surface area contributed by atoms with E-state index in [2.05, 4.69) is 5.32 Å². The van der Waals surface area contributed by atoms with E-state index < -0.39 is 6.03 Å². The maximum atomic E-state index is 11.7. The highest BCUT2D eigenvalue weighted by atomic mass is 16.2. The molecule has 1 saturated heterocycles. The second-order valence-corrected chi connectivity index (χ2v) is 3.11. The summed E-state index contributed by atoms with van der Waals surface area (Å²) in [5, 5.41) is 2.50. The molecule has 1 aliphatic rings. The van der Waals surface area contributed by atoms with Crippen LogP contribution in [-0.4, -0.2) is 11.9 Å². The molecule has 1 fully saturated rings. The molecule has 0 spiro atoms. The molecule has 0 radical (unpaired) electrons. The van der Waals surface area contributed by atoms with Gasteiger partial charge in [-0.25, -0.2) is 9.69 Å². The minimum atomic E-state index is -0.403. The highest BCUT2D eigenvalue weighted by Crippen LogP contribution is 2.19. The van der Waals surface area contributed by atoms with Gasteiger partial charge in [0.25, 0.3) is 5.91 Å². The lowest BCUT2D eigenvalue weighted by Gasteiger charge is -2.10. The van der Waals surface area contributed by atoms with Crippen LogP contribution in [0.4, 0.5) is 10.5 Å². The molecule has 0 atom stereocenters. The van der Waals surface area contributed by atoms with E-state index in [1.54, 1.807) is 37.3 Å². The summed E-state index contributed by atoms with van der Waals surface area (Å²) < 4.78 is 0. The summed E-state index contributed by atoms with van der Waals surface area (Å²) in [5.41, 5.74) is 0.903. The zero-order valence-corrected chi connectivity index (χ0v) is 8.23. The Morgan fingerprint density at radius 3 is 2.40 bits per heavy atom. The third kappa shape index (κ3) is 1.50. The van der Waals surface area contributed by atoms with Gasteiger partial charge in [-0.2, -0.15) is 0 Å². The molecule has 76 valence electrons. The van der Waals surface area contributed by atoms with Gasteiger partial charge in [-0.3, -0.25) is 4.79 Å². The fourth-order valence-electron chi connectivity index (χ4n) is 1.44. The minimum absolute atomic E-state index is 0.311. The largest absolute Gasteiger partial charge is 0.333 e. The lowest BCUT2D eigenvalue weighted by Crippen LogP contribution is -2.30. The maximum absolute atomic E-state index is 11.7. The number of urea groups is 1. The Morgan fingerprint density at radius 1 is 1.20 bits per heavy atom. The van der Waals surface area contributed by atoms with Crippen LogP contribution in [0.3, 0.4) is 0 Å². The fourth-order valence-corrected chi connectivity index (χ4v) is 1.44. The molecule has 4 nitrogen and oxygen atoms in total. The molecule has 0 aliphatic carbocycles. The number of hydrogen-bond acceptors (Lipinski definition) is 2. The molecule has 2 rings (SSSR count). The van der Waals surface area contributed by atoms with E-state index in [0.717, 1.165) is 4.90 Å². The van der Waals surface area contributed by atoms with Crippen LogP contribution in [0.5, 0.6) is 0 Å². The zero-order valence-electron chi connectivity index (χ0n) is 8.23. The van der Waals surface area contributed by atoms with Crippen molar-refractivity contribution in [1.29, 1.82) is 0 Å². The van der Waals surface area contributed by atoms with E-state index in [0.29, 0.717) is 11.4 Å². The zero-order chi connectivity index (χ0) is 10.8. The first-order chi connectivity index (χ1) is 7.24. The van der Waals surface area contributed by atoms with Crippen molar-refractivity contribution in [3.8, 4) is 0 Å². The van der Waals surface area contributed by atoms with E-state index in [1.165, 1.54) is 0 Å². The van der Waals surface area contributed by atoms with Crippen LogP contribution in [0.2, 0.25) is 0 Å². The van der Waals surface area contributed by atoms with Crippen LogP contribution in [0.1, 0.15) is 6.92 Å². The highest BCUT2D eigenvalue weighted by molar-refractivity contribution is 6.26. The molecular formula is C11H10N2O2. The Morgan fingerprint density at radius 2 is 1.87 bits per heavy atom. The van der Waals surface area contributed by atoms with Crippen LogP contribution in [0, 0.1) is 0 Å². The Balaban J connectivity index is 2.40. The number of carbonyl (C=O) groups is 2. The van der Waals surface area contributed by atoms with Crippen LogP contribution in [0.15, 0.2) is 42.1 Å². The summed E-state index contributed by atoms with van der Waals surface area (Å²) >= 11 is 0. The van der Waals surface area contributed by atoms with Gasteiger partial charge in [-0.1, -0.05) is 24.3 Å². The van der Waals surface area contributed by atoms with Gasteiger partial charge in [0.05, 0.1) is 5.69 Å². The SMILES string of the molecule is C/C=C1/NC(=O)N(c2ccccc2)C1=O. The molecule has 0 unspecified atom stereocenters. The molecule has 1 aromatic rings. The van der Waals surface area contributed by atoms with E-state index in [-0.39, 0.29) is 5.91 Å². The van der Waals surface area contributed by atoms with Crippen molar-refractivity contribution in [3.05, 3.63) is 42.1 Å². The monoisotopic (exact) mass is 202 g/mol. The number of allylic oxidation sites excluding steroid dienone is 1. The van der Waals surface area contributed by atoms with Gasteiger partial charge >= 0.3 is 6.03 Å². The number of amides is 3. The van der Waals surface area contributed by atoms with Crippen molar-refractivity contribution in [1.82, 2.24) is 5.32 Å². The number of anilines is 1. The summed E-state index contributed by atoms with van der Waals surface area (Å²) in [5.74, 6) is -0.311. The number of carbonyl (C=O) groups excluding carboxylic acids is 2. The first kappa shape index (κ1) is 9.45. The molecule has 1 aliphatic heterocycles. The first-order valence-electron chi connectivity index (χ1n) is 4.61. The fraction of sp³-hybridized carbons (Fsp3) is 0.0909. The Hall–Kier alpha value is -2.10. The first-order valence-corrected chi connectivity index (χ1v) is 4.61. The van der Waals surface area contributed by atoms with Crippen molar-refractivity contribution in [2.45, 2.75) is 6.92 Å². The van der Waals surface area contributed by atoms with Crippen LogP contribution in [-0.2, 0) is 4.79 Å². The summed E-state index contributed by atoms with van der Waals surface area (Å²) in [6, 6.07) is 8.43. The number of rotatable bonds is 1. The van der Waals surface area contributed by atoms with Gasteiger partial charge in [0.15, 0.2) is 0 Å². The smallest absolute Gasteiger partial charge is 0.303 e. The normalized spacial score (nSPS) is 18.5. The maximum Gasteiger partial charge on any atom is 0.333 e. The predicted molar refractivity (Wildman–Crippen MR) is 56.2 cm³/mol. The number of benzene rings is 1. The van der Waals surface area contributed by atoms with Gasteiger partial charge < -0.3 is 5.32 Å². The predicted octanol–water partition coefficient (Wildman–Crippen LogP) is 1.65. The summed E-state index contributed by atoms with van der Waals surface area (Å²) in [4.78, 5) is 24.3. The Bertz CT molecular complexity index is 437. The highest BCUT2D eigenvalue weighted by Gasteiger charge is 2.33. The van der Waals surface area contributed by atoms with E-state index in [9.17, 15) is 9.59 Å². The lowest BCUT2D eigenvalue weighted by atomic mass is 10.3. The van der Waals surface area contributed by atoms with Crippen LogP contribution < -0.4 is 10.2 Å². The average molecular weight is 202 g/mol. The number of para-hydroxylation sites is 1. The third-order valence-electron chi connectivity index (χ3n) is 2.18. The molecule has 1 N–H and O–H groups in total. The quantitative estimate of drug-likeness (QED) is 0.556. The number of nitrogens with zero attached hydrogens (tertiary/aromatic N) is 1. The molecular weight excluding hydrogens is 192 g/mol. The van der Waals surface area contributed by atoms with Crippen molar-refractivity contribution >= 4 is 17.6 Å². The average Bonchev–Trinajstić information content (AvgIpc) is 2.55.